The molecule has 0 spiro atoms. The van der Waals surface area contributed by atoms with Crippen LogP contribution >= 0.6 is 0 Å². The lowest BCUT2D eigenvalue weighted by atomic mass is 9.82. The summed E-state index contributed by atoms with van der Waals surface area (Å²) < 4.78 is 17.0. The van der Waals surface area contributed by atoms with Crippen LogP contribution in [0.2, 0.25) is 0 Å². The summed E-state index contributed by atoms with van der Waals surface area (Å²) in [5.41, 5.74) is -1.05. The second-order valence-corrected chi connectivity index (χ2v) is 27.4. The van der Waals surface area contributed by atoms with Crippen LogP contribution in [0.4, 0.5) is 0 Å². The van der Waals surface area contributed by atoms with Crippen molar-refractivity contribution in [1.29, 1.82) is 0 Å². The topological polar surface area (TPSA) is 272 Å². The predicted octanol–water partition coefficient (Wildman–Crippen LogP) is 15.2. The predicted molar refractivity (Wildman–Crippen MR) is 333 cm³/mol. The summed E-state index contributed by atoms with van der Waals surface area (Å²) in [4.78, 5) is 65.5. The number of aliphatic hydroxyl groups excluding tert-OH is 1. The fourth-order valence-electron chi connectivity index (χ4n) is 16.6. The van der Waals surface area contributed by atoms with Gasteiger partial charge < -0.3 is 50.0 Å². The minimum absolute atomic E-state index is 0.0722. The molecule has 21 atom stereocenters. The Balaban J connectivity index is 0.000000365. The third-order valence-electron chi connectivity index (χ3n) is 21.4. The fraction of sp³-hybridized carbons (Fsp3) is 0.913. The van der Waals surface area contributed by atoms with Crippen molar-refractivity contribution >= 4 is 35.8 Å². The molecule has 1 aliphatic heterocycles. The first-order valence-corrected chi connectivity index (χ1v) is 34.1. The molecule has 0 aromatic carbocycles. The Morgan fingerprint density at radius 2 is 0.929 bits per heavy atom. The second kappa shape index (κ2) is 40.3. The first-order chi connectivity index (χ1) is 40.2. The number of aliphatic carboxylic acids is 5. The van der Waals surface area contributed by atoms with E-state index in [2.05, 4.69) is 76.2 Å². The van der Waals surface area contributed by atoms with E-state index in [1.54, 1.807) is 6.92 Å². The number of hydrogen-bond acceptors (Lipinski definition) is 11. The van der Waals surface area contributed by atoms with E-state index in [0.29, 0.717) is 77.9 Å². The molecule has 496 valence electrons. The van der Waals surface area contributed by atoms with Crippen molar-refractivity contribution < 1.29 is 78.7 Å². The Morgan fingerprint density at radius 1 is 0.506 bits per heavy atom. The number of carbonyl (C=O) groups is 6. The Bertz CT molecular complexity index is 1900. The van der Waals surface area contributed by atoms with Gasteiger partial charge in [0, 0.05) is 13.5 Å². The summed E-state index contributed by atoms with van der Waals surface area (Å²) in [6.45, 7) is 27.7. The number of esters is 1. The average Bonchev–Trinajstić information content (AvgIpc) is 3.56. The molecule has 1 heterocycles. The highest BCUT2D eigenvalue weighted by Crippen LogP contribution is 2.48. The molecule has 21 unspecified atom stereocenters. The maximum atomic E-state index is 11.2. The highest BCUT2D eigenvalue weighted by molar-refractivity contribution is 5.71. The van der Waals surface area contributed by atoms with Gasteiger partial charge in [-0.05, 0) is 186 Å². The summed E-state index contributed by atoms with van der Waals surface area (Å²) in [5, 5.41) is 64.5. The molecule has 6 rings (SSSR count). The van der Waals surface area contributed by atoms with Gasteiger partial charge in [0.05, 0.1) is 49.4 Å². The van der Waals surface area contributed by atoms with Crippen LogP contribution in [-0.4, -0.2) is 108 Å². The second-order valence-electron chi connectivity index (χ2n) is 27.4. The molecule has 0 bridgehead atoms. The van der Waals surface area contributed by atoms with Crippen LogP contribution in [0, 0.1) is 94.7 Å². The molecule has 16 nitrogen and oxygen atoms in total. The SMILES string of the molecule is CCC1CC(CC)C(C(=O)O)C1C.CCC1CC(CC)C(C(CC(=O)O)OC(C)=O)C1.CCC1CC(CC)C(C(CC(=O)O)OC2CCCCO2)C1.CCC1CC(CC)C(CC(C)(O)CC(=O)O)C1.CCC1CC(CC)C(CC(O)CC(=O)O)C1. The van der Waals surface area contributed by atoms with Crippen LogP contribution in [-0.2, 0) is 43.0 Å². The molecule has 6 aliphatic rings. The lowest BCUT2D eigenvalue weighted by molar-refractivity contribution is -0.204. The van der Waals surface area contributed by atoms with Gasteiger partial charge in [0.1, 0.15) is 6.10 Å². The van der Waals surface area contributed by atoms with E-state index in [4.69, 9.17) is 34.6 Å². The van der Waals surface area contributed by atoms with Crippen molar-refractivity contribution in [3.05, 3.63) is 0 Å². The van der Waals surface area contributed by atoms with Crippen LogP contribution in [0.15, 0.2) is 0 Å². The maximum Gasteiger partial charge on any atom is 0.307 e. The van der Waals surface area contributed by atoms with Crippen molar-refractivity contribution in [2.24, 2.45) is 94.7 Å². The molecule has 6 fully saturated rings. The number of aliphatic hydroxyl groups is 2. The normalized spacial score (nSPS) is 33.1. The number of carboxylic acids is 5. The Morgan fingerprint density at radius 3 is 1.33 bits per heavy atom. The van der Waals surface area contributed by atoms with E-state index >= 15 is 0 Å². The summed E-state index contributed by atoms with van der Waals surface area (Å²) in [5.74, 6) is 3.88. The monoisotopic (exact) mass is 1210 g/mol. The van der Waals surface area contributed by atoms with Gasteiger partial charge in [-0.15, -0.1) is 0 Å². The van der Waals surface area contributed by atoms with Gasteiger partial charge in [-0.2, -0.15) is 0 Å². The number of ether oxygens (including phenoxy) is 3. The minimum Gasteiger partial charge on any atom is -0.481 e. The van der Waals surface area contributed by atoms with Crippen LogP contribution in [0.5, 0.6) is 0 Å². The summed E-state index contributed by atoms with van der Waals surface area (Å²) in [7, 11) is 0. The largest absolute Gasteiger partial charge is 0.481 e. The van der Waals surface area contributed by atoms with Crippen LogP contribution in [0.1, 0.15) is 270 Å². The van der Waals surface area contributed by atoms with Gasteiger partial charge in [-0.25, -0.2) is 0 Å². The lowest BCUT2D eigenvalue weighted by Crippen LogP contribution is -2.35. The fourth-order valence-corrected chi connectivity index (χ4v) is 16.6. The van der Waals surface area contributed by atoms with Crippen molar-refractivity contribution in [3.63, 3.8) is 0 Å². The molecule has 0 aromatic rings. The van der Waals surface area contributed by atoms with Crippen LogP contribution in [0.3, 0.4) is 0 Å². The van der Waals surface area contributed by atoms with Gasteiger partial charge in [0.25, 0.3) is 0 Å². The number of rotatable bonds is 28. The van der Waals surface area contributed by atoms with Gasteiger partial charge in [0.2, 0.25) is 0 Å². The van der Waals surface area contributed by atoms with Crippen molar-refractivity contribution in [3.8, 4) is 0 Å². The van der Waals surface area contributed by atoms with Gasteiger partial charge in [-0.1, -0.05) is 140 Å². The summed E-state index contributed by atoms with van der Waals surface area (Å²) >= 11 is 0. The zero-order chi connectivity index (χ0) is 64.1. The zero-order valence-corrected chi connectivity index (χ0v) is 55.4. The molecular formula is C69H124O16. The molecule has 5 saturated carbocycles. The van der Waals surface area contributed by atoms with Gasteiger partial charge in [-0.3, -0.25) is 28.8 Å². The minimum atomic E-state index is -1.05. The lowest BCUT2D eigenvalue weighted by Gasteiger charge is -2.32. The molecule has 85 heavy (non-hydrogen) atoms. The summed E-state index contributed by atoms with van der Waals surface area (Å²) in [6.07, 6.45) is 24.4. The van der Waals surface area contributed by atoms with E-state index in [1.807, 2.05) is 0 Å². The highest BCUT2D eigenvalue weighted by Gasteiger charge is 2.44. The van der Waals surface area contributed by atoms with Crippen molar-refractivity contribution in [2.75, 3.05) is 6.61 Å². The zero-order valence-electron chi connectivity index (χ0n) is 55.4. The third-order valence-corrected chi connectivity index (χ3v) is 21.4. The number of carboxylic acid groups (broad SMARTS) is 5. The van der Waals surface area contributed by atoms with E-state index in [1.165, 1.54) is 51.9 Å². The van der Waals surface area contributed by atoms with Gasteiger partial charge in [0.15, 0.2) is 6.29 Å². The quantitative estimate of drug-likeness (QED) is 0.0359. The van der Waals surface area contributed by atoms with E-state index in [-0.39, 0.29) is 55.9 Å². The molecule has 7 N–H and O–H groups in total. The Labute approximate surface area is 513 Å². The van der Waals surface area contributed by atoms with Crippen molar-refractivity contribution in [1.82, 2.24) is 0 Å². The van der Waals surface area contributed by atoms with E-state index in [0.717, 1.165) is 121 Å². The molecular weight excluding hydrogens is 1080 g/mol. The van der Waals surface area contributed by atoms with E-state index < -0.39 is 47.7 Å². The van der Waals surface area contributed by atoms with Crippen LogP contribution in [0.25, 0.3) is 0 Å². The first-order valence-electron chi connectivity index (χ1n) is 34.1. The Hall–Kier alpha value is -3.34. The van der Waals surface area contributed by atoms with E-state index in [9.17, 15) is 44.1 Å². The Kier molecular flexibility index (Phi) is 36.9. The molecule has 0 aromatic heterocycles. The highest BCUT2D eigenvalue weighted by atomic mass is 16.7. The first kappa shape index (κ1) is 77.8. The molecule has 1 saturated heterocycles. The molecule has 5 aliphatic carbocycles. The smallest absolute Gasteiger partial charge is 0.307 e. The molecule has 0 amide bonds. The maximum absolute atomic E-state index is 11.2. The molecule has 16 heteroatoms. The summed E-state index contributed by atoms with van der Waals surface area (Å²) in [6, 6.07) is 0. The van der Waals surface area contributed by atoms with Gasteiger partial charge >= 0.3 is 35.8 Å². The standard InChI is InChI=1S/C17H30O4.C14H24O4.C14H26O3.C13H24O3.C11H20O2/c1-3-12-9-13(4-2)14(10-12)15(11-16(18)19)21-17-7-5-6-8-20-17;1-4-10-6-11(5-2)12(7-10)13(8-14(16)17)18-9(3)15;1-4-10-6-11(5-2)12(7-10)8-14(3,17)9-13(15)16;1-3-9-5-10(4-2)11(6-9)7-12(14)8-13(15)16;1-4-8-6-9(5-2)10(7(8)3)11(12)13/h12-15,17H,3-11H2,1-2H3,(H,18,19);10-13H,4-8H2,1-3H3,(H,16,17);10-12,17H,4-9H2,1-3H3,(H,15,16);9-12,14H,3-8H2,1-2H3,(H,15,16);7-10H,4-6H2,1-3H3,(H,12,13). The average molecular weight is 1210 g/mol. The van der Waals surface area contributed by atoms with Crippen LogP contribution < -0.4 is 0 Å². The number of hydrogen-bond donors (Lipinski definition) is 7. The molecule has 0 radical (unpaired) electrons. The number of carbonyl (C=O) groups excluding carboxylic acids is 1. The van der Waals surface area contributed by atoms with Crippen molar-refractivity contribution in [2.45, 2.75) is 300 Å². The third kappa shape index (κ3) is 27.5.